The second-order valence-electron chi connectivity index (χ2n) is 7.17. The number of nitrogens with zero attached hydrogens (tertiary/aromatic N) is 2. The lowest BCUT2D eigenvalue weighted by molar-refractivity contribution is -0.143. The molecule has 1 amide bonds. The van der Waals surface area contributed by atoms with Crippen molar-refractivity contribution >= 4 is 23.0 Å². The number of hydrogen-bond acceptors (Lipinski definition) is 4. The van der Waals surface area contributed by atoms with Crippen molar-refractivity contribution < 1.29 is 9.59 Å². The van der Waals surface area contributed by atoms with Crippen LogP contribution in [-0.2, 0) is 9.59 Å². The Balaban J connectivity index is 1.80. The van der Waals surface area contributed by atoms with E-state index in [9.17, 15) is 9.59 Å². The van der Waals surface area contributed by atoms with Crippen LogP contribution in [0, 0.1) is 0 Å². The van der Waals surface area contributed by atoms with Crippen molar-refractivity contribution in [2.45, 2.75) is 31.1 Å². The minimum absolute atomic E-state index is 0.0615. The highest BCUT2D eigenvalue weighted by Crippen LogP contribution is 2.46. The second-order valence-corrected chi connectivity index (χ2v) is 7.95. The zero-order valence-electron chi connectivity index (χ0n) is 15.0. The maximum Gasteiger partial charge on any atom is 0.242 e. The van der Waals surface area contributed by atoms with Gasteiger partial charge in [-0.1, -0.05) is 30.3 Å². The van der Waals surface area contributed by atoms with E-state index in [2.05, 4.69) is 17.5 Å². The van der Waals surface area contributed by atoms with E-state index in [0.717, 1.165) is 28.8 Å². The number of hydrazine groups is 1. The van der Waals surface area contributed by atoms with Crippen LogP contribution in [0.5, 0.6) is 0 Å². The summed E-state index contributed by atoms with van der Waals surface area (Å²) < 4.78 is 0. The number of allylic oxidation sites excluding steroid dienone is 2. The monoisotopic (exact) mass is 366 g/mol. The number of hydrogen-bond donors (Lipinski definition) is 0. The fourth-order valence-electron chi connectivity index (χ4n) is 4.20. The highest BCUT2D eigenvalue weighted by atomic mass is 32.1. The van der Waals surface area contributed by atoms with Gasteiger partial charge in [-0.15, -0.1) is 0 Å². The van der Waals surface area contributed by atoms with Gasteiger partial charge < -0.3 is 0 Å². The summed E-state index contributed by atoms with van der Waals surface area (Å²) in [7, 11) is 3.73. The van der Waals surface area contributed by atoms with Crippen LogP contribution >= 0.6 is 11.3 Å². The molecule has 0 unspecified atom stereocenters. The molecule has 0 saturated carbocycles. The van der Waals surface area contributed by atoms with Gasteiger partial charge in [0.2, 0.25) is 5.91 Å². The standard InChI is InChI=1S/C21H22N2O2S/c1-22(2)23-18-10-16(14-6-4-3-5-7-14)11-19(24)21(18)17(12-20(23)25)15-8-9-26-13-15/h3-9,13,16-17H,10-12H2,1-2H3/t16-,17+/m1/s1. The first-order chi connectivity index (χ1) is 12.6. The van der Waals surface area contributed by atoms with Crippen molar-refractivity contribution in [2.24, 2.45) is 0 Å². The van der Waals surface area contributed by atoms with Crippen molar-refractivity contribution in [1.82, 2.24) is 10.0 Å². The minimum Gasteiger partial charge on any atom is -0.294 e. The molecule has 0 bridgehead atoms. The summed E-state index contributed by atoms with van der Waals surface area (Å²) in [5.41, 5.74) is 3.97. The van der Waals surface area contributed by atoms with Crippen LogP contribution in [0.1, 0.15) is 42.2 Å². The van der Waals surface area contributed by atoms with Gasteiger partial charge in [-0.2, -0.15) is 11.3 Å². The number of thiophene rings is 1. The Morgan fingerprint density at radius 1 is 1.00 bits per heavy atom. The van der Waals surface area contributed by atoms with Gasteiger partial charge in [-0.05, 0) is 40.3 Å². The van der Waals surface area contributed by atoms with Crippen molar-refractivity contribution in [3.8, 4) is 0 Å². The first-order valence-corrected chi connectivity index (χ1v) is 9.84. The van der Waals surface area contributed by atoms with Gasteiger partial charge in [-0.3, -0.25) is 9.59 Å². The van der Waals surface area contributed by atoms with Crippen LogP contribution in [0.15, 0.2) is 58.4 Å². The van der Waals surface area contributed by atoms with E-state index in [4.69, 9.17) is 0 Å². The van der Waals surface area contributed by atoms with E-state index in [-0.39, 0.29) is 23.5 Å². The number of benzene rings is 1. The van der Waals surface area contributed by atoms with E-state index in [1.165, 1.54) is 0 Å². The lowest BCUT2D eigenvalue weighted by atomic mass is 9.73. The van der Waals surface area contributed by atoms with Gasteiger partial charge in [0.1, 0.15) is 0 Å². The molecule has 4 nitrogen and oxygen atoms in total. The molecule has 0 spiro atoms. The predicted molar refractivity (Wildman–Crippen MR) is 103 cm³/mol. The van der Waals surface area contributed by atoms with E-state index in [0.29, 0.717) is 12.8 Å². The Kier molecular flexibility index (Phi) is 4.51. The first-order valence-electron chi connectivity index (χ1n) is 8.89. The largest absolute Gasteiger partial charge is 0.294 e. The summed E-state index contributed by atoms with van der Waals surface area (Å²) in [6.07, 6.45) is 1.59. The molecule has 0 N–H and O–H groups in total. The highest BCUT2D eigenvalue weighted by molar-refractivity contribution is 7.08. The summed E-state index contributed by atoms with van der Waals surface area (Å²) in [6, 6.07) is 12.2. The van der Waals surface area contributed by atoms with Gasteiger partial charge in [0, 0.05) is 44.1 Å². The van der Waals surface area contributed by atoms with E-state index < -0.39 is 0 Å². The number of Topliss-reactive ketones (excluding diaryl/α,β-unsaturated/α-hetero) is 1. The molecule has 1 aromatic carbocycles. The Morgan fingerprint density at radius 2 is 1.77 bits per heavy atom. The molecule has 2 aliphatic rings. The third-order valence-corrected chi connectivity index (χ3v) is 6.02. The van der Waals surface area contributed by atoms with E-state index in [1.807, 2.05) is 48.7 Å². The fourth-order valence-corrected chi connectivity index (χ4v) is 4.92. The summed E-state index contributed by atoms with van der Waals surface area (Å²) in [4.78, 5) is 26.1. The van der Waals surface area contributed by atoms with E-state index in [1.54, 1.807) is 16.3 Å². The number of amides is 1. The SMILES string of the molecule is CN(C)N1C(=O)C[C@@H](c2ccsc2)C2=C1C[C@@H](c1ccccc1)CC2=O. The number of carbonyl (C=O) groups is 2. The third kappa shape index (κ3) is 2.91. The lowest BCUT2D eigenvalue weighted by Crippen LogP contribution is -2.47. The molecule has 1 aromatic heterocycles. The van der Waals surface area contributed by atoms with Crippen molar-refractivity contribution in [3.63, 3.8) is 0 Å². The lowest BCUT2D eigenvalue weighted by Gasteiger charge is -2.42. The number of carbonyl (C=O) groups excluding carboxylic acids is 2. The van der Waals surface area contributed by atoms with Crippen molar-refractivity contribution in [3.05, 3.63) is 69.6 Å². The molecule has 134 valence electrons. The molecular weight excluding hydrogens is 344 g/mol. The second kappa shape index (κ2) is 6.82. The summed E-state index contributed by atoms with van der Waals surface area (Å²) in [6.45, 7) is 0. The molecule has 2 atom stereocenters. The van der Waals surface area contributed by atoms with Crippen LogP contribution in [0.2, 0.25) is 0 Å². The average Bonchev–Trinajstić information content (AvgIpc) is 3.15. The molecule has 1 aliphatic carbocycles. The summed E-state index contributed by atoms with van der Waals surface area (Å²) >= 11 is 1.61. The maximum absolute atomic E-state index is 13.2. The van der Waals surface area contributed by atoms with Gasteiger partial charge in [-0.25, -0.2) is 10.0 Å². The van der Waals surface area contributed by atoms with Crippen LogP contribution < -0.4 is 0 Å². The van der Waals surface area contributed by atoms with Gasteiger partial charge in [0.25, 0.3) is 0 Å². The molecule has 2 aromatic rings. The topological polar surface area (TPSA) is 40.6 Å². The summed E-state index contributed by atoms with van der Waals surface area (Å²) in [5.74, 6) is 0.255. The van der Waals surface area contributed by atoms with Gasteiger partial charge >= 0.3 is 0 Å². The summed E-state index contributed by atoms with van der Waals surface area (Å²) in [5, 5.41) is 7.59. The Labute approximate surface area is 157 Å². The molecule has 0 saturated heterocycles. The number of ketones is 1. The van der Waals surface area contributed by atoms with Gasteiger partial charge in [0.15, 0.2) is 5.78 Å². The Bertz CT molecular complexity index is 855. The third-order valence-electron chi connectivity index (χ3n) is 5.32. The van der Waals surface area contributed by atoms with Crippen molar-refractivity contribution in [2.75, 3.05) is 14.1 Å². The van der Waals surface area contributed by atoms with Gasteiger partial charge in [0.05, 0.1) is 0 Å². The normalized spacial score (nSPS) is 23.6. The molecule has 5 heteroatoms. The number of rotatable bonds is 3. The quantitative estimate of drug-likeness (QED) is 0.826. The Hall–Kier alpha value is -2.24. The highest BCUT2D eigenvalue weighted by Gasteiger charge is 2.42. The molecule has 2 heterocycles. The van der Waals surface area contributed by atoms with Crippen LogP contribution in [0.4, 0.5) is 0 Å². The average molecular weight is 366 g/mol. The maximum atomic E-state index is 13.2. The molecule has 26 heavy (non-hydrogen) atoms. The molecule has 1 aliphatic heterocycles. The predicted octanol–water partition coefficient (Wildman–Crippen LogP) is 3.94. The zero-order valence-corrected chi connectivity index (χ0v) is 15.8. The molecule has 4 rings (SSSR count). The zero-order chi connectivity index (χ0) is 18.3. The molecule has 0 radical (unpaired) electrons. The van der Waals surface area contributed by atoms with E-state index >= 15 is 0 Å². The molecular formula is C21H22N2O2S. The first kappa shape index (κ1) is 17.2. The van der Waals surface area contributed by atoms with Crippen LogP contribution in [0.3, 0.4) is 0 Å². The fraction of sp³-hybridized carbons (Fsp3) is 0.333. The van der Waals surface area contributed by atoms with Crippen molar-refractivity contribution in [1.29, 1.82) is 0 Å². The smallest absolute Gasteiger partial charge is 0.242 e. The Morgan fingerprint density at radius 3 is 2.42 bits per heavy atom. The van der Waals surface area contributed by atoms with Crippen LogP contribution in [-0.4, -0.2) is 35.8 Å². The van der Waals surface area contributed by atoms with Crippen LogP contribution in [0.25, 0.3) is 0 Å². The minimum atomic E-state index is -0.107. The molecule has 0 fully saturated rings.